The molecule has 0 fully saturated rings. The molecule has 0 aliphatic rings. The van der Waals surface area contributed by atoms with Crippen molar-refractivity contribution >= 4 is 0 Å². The summed E-state index contributed by atoms with van der Waals surface area (Å²) in [6.45, 7) is 4.30. The first-order chi connectivity index (χ1) is 5.26. The molecule has 0 unspecified atom stereocenters. The highest BCUT2D eigenvalue weighted by molar-refractivity contribution is 4.89. The van der Waals surface area contributed by atoms with Crippen molar-refractivity contribution < 1.29 is 9.84 Å². The summed E-state index contributed by atoms with van der Waals surface area (Å²) in [5, 5.41) is 8.51. The second kappa shape index (κ2) is 6.38. The molecule has 2 atom stereocenters. The molecule has 0 saturated heterocycles. The lowest BCUT2D eigenvalue weighted by Gasteiger charge is -2.17. The Balaban J connectivity index is 3.77. The van der Waals surface area contributed by atoms with E-state index in [1.165, 1.54) is 0 Å². The molecule has 0 saturated carbocycles. The number of methoxy groups -OCH3 is 1. The number of hydrogen-bond donors (Lipinski definition) is 1. The molecule has 0 radical (unpaired) electrons. The van der Waals surface area contributed by atoms with Crippen molar-refractivity contribution in [3.63, 3.8) is 0 Å². The summed E-state index contributed by atoms with van der Waals surface area (Å²) in [6.07, 6.45) is 5.02. The van der Waals surface area contributed by atoms with Crippen molar-refractivity contribution in [2.45, 2.75) is 26.4 Å². The van der Waals surface area contributed by atoms with Crippen molar-refractivity contribution in [3.05, 3.63) is 12.2 Å². The molecule has 0 aromatic carbocycles. The molecule has 0 bridgehead atoms. The zero-order valence-electron chi connectivity index (χ0n) is 7.58. The summed E-state index contributed by atoms with van der Waals surface area (Å²) >= 11 is 0. The number of rotatable bonds is 5. The van der Waals surface area contributed by atoms with Gasteiger partial charge in [-0.2, -0.15) is 0 Å². The van der Waals surface area contributed by atoms with E-state index in [-0.39, 0.29) is 12.7 Å². The van der Waals surface area contributed by atoms with Gasteiger partial charge in [0.05, 0.1) is 12.7 Å². The first-order valence-electron chi connectivity index (χ1n) is 4.06. The Bertz CT molecular complexity index is 106. The Hall–Kier alpha value is -0.340. The monoisotopic (exact) mass is 158 g/mol. The van der Waals surface area contributed by atoms with Gasteiger partial charge in [-0.15, -0.1) is 0 Å². The molecule has 2 heteroatoms. The summed E-state index contributed by atoms with van der Waals surface area (Å²) < 4.78 is 5.23. The Morgan fingerprint density at radius 3 is 2.55 bits per heavy atom. The van der Waals surface area contributed by atoms with Gasteiger partial charge in [0.1, 0.15) is 0 Å². The molecule has 0 aliphatic heterocycles. The van der Waals surface area contributed by atoms with Gasteiger partial charge in [0.15, 0.2) is 0 Å². The van der Waals surface area contributed by atoms with Crippen LogP contribution in [0.3, 0.4) is 0 Å². The normalized spacial score (nSPS) is 17.1. The van der Waals surface area contributed by atoms with Gasteiger partial charge < -0.3 is 9.84 Å². The van der Waals surface area contributed by atoms with Crippen LogP contribution in [0.25, 0.3) is 0 Å². The summed E-state index contributed by atoms with van der Waals surface area (Å²) in [7, 11) is 1.72. The van der Waals surface area contributed by atoms with Crippen LogP contribution >= 0.6 is 0 Å². The minimum Gasteiger partial charge on any atom is -0.392 e. The molecular formula is C9H18O2. The van der Waals surface area contributed by atoms with Crippen LogP contribution in [0.1, 0.15) is 20.3 Å². The van der Waals surface area contributed by atoms with E-state index in [2.05, 4.69) is 13.8 Å². The van der Waals surface area contributed by atoms with Crippen molar-refractivity contribution in [2.24, 2.45) is 5.92 Å². The van der Waals surface area contributed by atoms with E-state index in [4.69, 9.17) is 9.84 Å². The van der Waals surface area contributed by atoms with Crippen LogP contribution in [-0.4, -0.2) is 24.9 Å². The van der Waals surface area contributed by atoms with Crippen LogP contribution in [0.4, 0.5) is 0 Å². The maximum absolute atomic E-state index is 8.51. The Morgan fingerprint density at radius 1 is 1.55 bits per heavy atom. The fraction of sp³-hybridized carbons (Fsp3) is 0.778. The molecule has 0 amide bonds. The van der Waals surface area contributed by atoms with E-state index >= 15 is 0 Å². The predicted molar refractivity (Wildman–Crippen MR) is 46.5 cm³/mol. The third kappa shape index (κ3) is 4.17. The predicted octanol–water partition coefficient (Wildman–Crippen LogP) is 1.60. The first kappa shape index (κ1) is 10.7. The van der Waals surface area contributed by atoms with Gasteiger partial charge in [0, 0.05) is 13.0 Å². The molecule has 0 aromatic heterocycles. The van der Waals surface area contributed by atoms with E-state index in [0.717, 1.165) is 6.42 Å². The highest BCUT2D eigenvalue weighted by Gasteiger charge is 2.10. The molecule has 0 rings (SSSR count). The second-order valence-electron chi connectivity index (χ2n) is 2.65. The summed E-state index contributed by atoms with van der Waals surface area (Å²) in [6, 6.07) is 0. The zero-order valence-corrected chi connectivity index (χ0v) is 7.58. The summed E-state index contributed by atoms with van der Waals surface area (Å²) in [5.74, 6) is 0.386. The largest absolute Gasteiger partial charge is 0.392 e. The van der Waals surface area contributed by atoms with Crippen molar-refractivity contribution in [3.8, 4) is 0 Å². The van der Waals surface area contributed by atoms with Gasteiger partial charge in [-0.1, -0.05) is 26.0 Å². The molecule has 11 heavy (non-hydrogen) atoms. The molecule has 0 aliphatic carbocycles. The van der Waals surface area contributed by atoms with Crippen LogP contribution < -0.4 is 0 Å². The Morgan fingerprint density at radius 2 is 2.18 bits per heavy atom. The van der Waals surface area contributed by atoms with Gasteiger partial charge in [0.2, 0.25) is 0 Å². The van der Waals surface area contributed by atoms with Gasteiger partial charge in [-0.05, 0) is 6.42 Å². The number of hydrogen-bond acceptors (Lipinski definition) is 2. The quantitative estimate of drug-likeness (QED) is 0.616. The highest BCUT2D eigenvalue weighted by atomic mass is 16.5. The third-order valence-electron chi connectivity index (χ3n) is 1.84. The highest BCUT2D eigenvalue weighted by Crippen LogP contribution is 2.11. The number of aliphatic hydroxyl groups is 1. The summed E-state index contributed by atoms with van der Waals surface area (Å²) in [5.41, 5.74) is 0. The number of aliphatic hydroxyl groups excluding tert-OH is 1. The maximum Gasteiger partial charge on any atom is 0.0628 e. The van der Waals surface area contributed by atoms with Crippen LogP contribution in [0.5, 0.6) is 0 Å². The SMILES string of the molecule is CC[C@H](OC)[C@@H](C)C=CCO. The van der Waals surface area contributed by atoms with Gasteiger partial charge in [-0.3, -0.25) is 0 Å². The molecule has 0 aromatic rings. The topological polar surface area (TPSA) is 29.5 Å². The van der Waals surface area contributed by atoms with E-state index in [0.29, 0.717) is 5.92 Å². The lowest BCUT2D eigenvalue weighted by molar-refractivity contribution is 0.0712. The van der Waals surface area contributed by atoms with Crippen LogP contribution in [0, 0.1) is 5.92 Å². The van der Waals surface area contributed by atoms with Crippen LogP contribution in [0.15, 0.2) is 12.2 Å². The van der Waals surface area contributed by atoms with Gasteiger partial charge in [0.25, 0.3) is 0 Å². The third-order valence-corrected chi connectivity index (χ3v) is 1.84. The zero-order chi connectivity index (χ0) is 8.69. The Kier molecular flexibility index (Phi) is 6.18. The average molecular weight is 158 g/mol. The van der Waals surface area contributed by atoms with E-state index in [9.17, 15) is 0 Å². The van der Waals surface area contributed by atoms with Crippen LogP contribution in [0.2, 0.25) is 0 Å². The van der Waals surface area contributed by atoms with Crippen molar-refractivity contribution in [1.82, 2.24) is 0 Å². The Labute approximate surface area is 68.9 Å². The standard InChI is InChI=1S/C9H18O2/c1-4-9(11-3)8(2)6-5-7-10/h5-6,8-10H,4,7H2,1-3H3/t8-,9-/m0/s1. The number of ether oxygens (including phenoxy) is 1. The van der Waals surface area contributed by atoms with Crippen molar-refractivity contribution in [1.29, 1.82) is 0 Å². The fourth-order valence-corrected chi connectivity index (χ4v) is 1.15. The molecule has 0 heterocycles. The maximum atomic E-state index is 8.51. The minimum atomic E-state index is 0.116. The first-order valence-corrected chi connectivity index (χ1v) is 4.06. The van der Waals surface area contributed by atoms with E-state index in [1.54, 1.807) is 13.2 Å². The van der Waals surface area contributed by atoms with Gasteiger partial charge in [-0.25, -0.2) is 0 Å². The minimum absolute atomic E-state index is 0.116. The summed E-state index contributed by atoms with van der Waals surface area (Å²) in [4.78, 5) is 0. The average Bonchev–Trinajstić information content (AvgIpc) is 2.03. The van der Waals surface area contributed by atoms with Gasteiger partial charge >= 0.3 is 0 Å². The molecular weight excluding hydrogens is 140 g/mol. The lowest BCUT2D eigenvalue weighted by atomic mass is 10.0. The molecule has 1 N–H and O–H groups in total. The fourth-order valence-electron chi connectivity index (χ4n) is 1.15. The second-order valence-corrected chi connectivity index (χ2v) is 2.65. The molecule has 0 spiro atoms. The van der Waals surface area contributed by atoms with E-state index in [1.807, 2.05) is 6.08 Å². The molecule has 2 nitrogen and oxygen atoms in total. The lowest BCUT2D eigenvalue weighted by Crippen LogP contribution is -2.17. The van der Waals surface area contributed by atoms with E-state index < -0.39 is 0 Å². The smallest absolute Gasteiger partial charge is 0.0628 e. The van der Waals surface area contributed by atoms with Crippen LogP contribution in [-0.2, 0) is 4.74 Å². The van der Waals surface area contributed by atoms with Crippen molar-refractivity contribution in [2.75, 3.05) is 13.7 Å². The molecule has 66 valence electrons.